The molecule has 1 unspecified atom stereocenters. The zero-order valence-corrected chi connectivity index (χ0v) is 22.8. The first kappa shape index (κ1) is 27.3. The van der Waals surface area contributed by atoms with Crippen LogP contribution in [0.4, 0.5) is 4.39 Å². The molecule has 0 bridgehead atoms. The van der Waals surface area contributed by atoms with Crippen LogP contribution in [0, 0.1) is 12.7 Å². The lowest BCUT2D eigenvalue weighted by Crippen LogP contribution is -2.43. The Kier molecular flexibility index (Phi) is 8.16. The molecule has 1 fully saturated rings. The highest BCUT2D eigenvalue weighted by Crippen LogP contribution is 2.54. The van der Waals surface area contributed by atoms with Gasteiger partial charge in [0.05, 0.1) is 40.9 Å². The molecule has 9 heteroatoms. The quantitative estimate of drug-likeness (QED) is 0.340. The number of hydrogen-bond acceptors (Lipinski definition) is 7. The molecule has 1 heterocycles. The number of rotatable bonds is 9. The van der Waals surface area contributed by atoms with E-state index in [1.807, 2.05) is 31.2 Å². The minimum Gasteiger partial charge on any atom is -0.497 e. The summed E-state index contributed by atoms with van der Waals surface area (Å²) in [6.07, 6.45) is -0.183. The molecule has 2 atom stereocenters. The second-order valence-corrected chi connectivity index (χ2v) is 10.4. The van der Waals surface area contributed by atoms with Gasteiger partial charge < -0.3 is 23.8 Å². The van der Waals surface area contributed by atoms with Crippen molar-refractivity contribution < 1.29 is 32.9 Å². The molecule has 1 amide bonds. The number of aryl methyl sites for hydroxylation is 1. The predicted molar refractivity (Wildman–Crippen MR) is 142 cm³/mol. The molecule has 1 aliphatic rings. The van der Waals surface area contributed by atoms with Crippen LogP contribution in [-0.2, 0) is 20.9 Å². The molecule has 38 heavy (non-hydrogen) atoms. The highest BCUT2D eigenvalue weighted by Gasteiger charge is 2.59. The standard InChI is InChI=1S/C29H30FNO6S/c1-18-6-11-22(12-7-18)38-29(28(33)37-5)16-26(32)31(17-19-8-9-21(35-3)15-25(19)36-4)27(29)23-14-20(34-2)10-13-24(23)30/h6-15,27H,16-17H2,1-5H3/t27?,29-/m1/s1. The van der Waals surface area contributed by atoms with E-state index in [0.717, 1.165) is 10.5 Å². The largest absolute Gasteiger partial charge is 0.497 e. The maximum atomic E-state index is 15.5. The Hall–Kier alpha value is -3.72. The number of likely N-dealkylation sites (tertiary alicyclic amines) is 1. The van der Waals surface area contributed by atoms with E-state index in [1.165, 1.54) is 56.2 Å². The Morgan fingerprint density at radius 2 is 1.63 bits per heavy atom. The second kappa shape index (κ2) is 11.3. The fraction of sp³-hybridized carbons (Fsp3) is 0.310. The van der Waals surface area contributed by atoms with Gasteiger partial charge in [-0.15, -0.1) is 11.8 Å². The minimum atomic E-state index is -1.46. The maximum Gasteiger partial charge on any atom is 0.325 e. The van der Waals surface area contributed by atoms with Crippen LogP contribution in [0.15, 0.2) is 65.6 Å². The van der Waals surface area contributed by atoms with Crippen LogP contribution < -0.4 is 14.2 Å². The second-order valence-electron chi connectivity index (χ2n) is 8.96. The fourth-order valence-electron chi connectivity index (χ4n) is 4.75. The number of amides is 1. The molecule has 3 aromatic rings. The van der Waals surface area contributed by atoms with Gasteiger partial charge in [0, 0.05) is 28.6 Å². The lowest BCUT2D eigenvalue weighted by molar-refractivity contribution is -0.144. The summed E-state index contributed by atoms with van der Waals surface area (Å²) in [5.74, 6) is 0.00101. The van der Waals surface area contributed by atoms with Crippen molar-refractivity contribution in [1.29, 1.82) is 0 Å². The number of hydrogen-bond donors (Lipinski definition) is 0. The predicted octanol–water partition coefficient (Wildman–Crippen LogP) is 5.34. The molecule has 0 radical (unpaired) electrons. The third-order valence-corrected chi connectivity index (χ3v) is 8.08. The lowest BCUT2D eigenvalue weighted by atomic mass is 9.91. The lowest BCUT2D eigenvalue weighted by Gasteiger charge is -2.36. The fourth-order valence-corrected chi connectivity index (χ4v) is 6.17. The van der Waals surface area contributed by atoms with Gasteiger partial charge >= 0.3 is 5.97 Å². The van der Waals surface area contributed by atoms with E-state index in [2.05, 4.69) is 0 Å². The number of ether oxygens (including phenoxy) is 4. The van der Waals surface area contributed by atoms with Crippen LogP contribution in [0.25, 0.3) is 0 Å². The van der Waals surface area contributed by atoms with Gasteiger partial charge in [0.25, 0.3) is 0 Å². The van der Waals surface area contributed by atoms with E-state index < -0.39 is 22.6 Å². The van der Waals surface area contributed by atoms with Crippen molar-refractivity contribution in [3.05, 3.63) is 83.2 Å². The molecule has 0 saturated carbocycles. The number of halogens is 1. The molecule has 1 aliphatic heterocycles. The van der Waals surface area contributed by atoms with E-state index in [-0.39, 0.29) is 24.4 Å². The van der Waals surface area contributed by atoms with Gasteiger partial charge in [-0.05, 0) is 49.4 Å². The number of thioether (sulfide) groups is 1. The first-order chi connectivity index (χ1) is 18.3. The van der Waals surface area contributed by atoms with Crippen LogP contribution in [0.2, 0.25) is 0 Å². The molecular weight excluding hydrogens is 509 g/mol. The van der Waals surface area contributed by atoms with Crippen molar-refractivity contribution in [1.82, 2.24) is 4.90 Å². The molecule has 1 saturated heterocycles. The molecule has 200 valence electrons. The van der Waals surface area contributed by atoms with Crippen LogP contribution in [-0.4, -0.2) is 50.0 Å². The number of carbonyl (C=O) groups excluding carboxylic acids is 2. The summed E-state index contributed by atoms with van der Waals surface area (Å²) in [4.78, 5) is 29.6. The summed E-state index contributed by atoms with van der Waals surface area (Å²) in [6.45, 7) is 2.03. The van der Waals surface area contributed by atoms with E-state index in [9.17, 15) is 9.59 Å². The average Bonchev–Trinajstić information content (AvgIpc) is 3.21. The summed E-state index contributed by atoms with van der Waals surface area (Å²) < 4.78 is 35.6. The zero-order chi connectivity index (χ0) is 27.4. The van der Waals surface area contributed by atoms with Crippen LogP contribution in [0.3, 0.4) is 0 Å². The Labute approximate surface area is 225 Å². The topological polar surface area (TPSA) is 74.3 Å². The monoisotopic (exact) mass is 539 g/mol. The molecular formula is C29H30FNO6S. The molecule has 7 nitrogen and oxygen atoms in total. The van der Waals surface area contributed by atoms with Crippen molar-refractivity contribution in [2.75, 3.05) is 28.4 Å². The number of benzene rings is 3. The van der Waals surface area contributed by atoms with Crippen molar-refractivity contribution in [2.24, 2.45) is 0 Å². The van der Waals surface area contributed by atoms with Gasteiger partial charge in [0.1, 0.15) is 23.1 Å². The van der Waals surface area contributed by atoms with Gasteiger partial charge in [0.15, 0.2) is 4.75 Å². The van der Waals surface area contributed by atoms with Gasteiger partial charge in [-0.3, -0.25) is 9.59 Å². The van der Waals surface area contributed by atoms with Crippen molar-refractivity contribution in [3.63, 3.8) is 0 Å². The smallest absolute Gasteiger partial charge is 0.325 e. The van der Waals surface area contributed by atoms with E-state index in [0.29, 0.717) is 22.8 Å². The van der Waals surface area contributed by atoms with Crippen LogP contribution in [0.1, 0.15) is 29.2 Å². The summed E-state index contributed by atoms with van der Waals surface area (Å²) in [7, 11) is 5.83. The van der Waals surface area contributed by atoms with E-state index in [1.54, 1.807) is 25.3 Å². The average molecular weight is 540 g/mol. The van der Waals surface area contributed by atoms with Gasteiger partial charge in [-0.2, -0.15) is 0 Å². The van der Waals surface area contributed by atoms with Crippen LogP contribution in [0.5, 0.6) is 17.2 Å². The molecule has 4 rings (SSSR count). The summed E-state index contributed by atoms with van der Waals surface area (Å²) in [5, 5.41) is 0. The van der Waals surface area contributed by atoms with Crippen molar-refractivity contribution in [2.45, 2.75) is 35.6 Å². The Bertz CT molecular complexity index is 1330. The third-order valence-electron chi connectivity index (χ3n) is 6.67. The van der Waals surface area contributed by atoms with E-state index in [4.69, 9.17) is 18.9 Å². The molecule has 0 N–H and O–H groups in total. The number of nitrogens with zero attached hydrogens (tertiary/aromatic N) is 1. The number of esters is 1. The van der Waals surface area contributed by atoms with Gasteiger partial charge in [-0.1, -0.05) is 17.7 Å². The Morgan fingerprint density at radius 1 is 0.974 bits per heavy atom. The normalized spacial score (nSPS) is 18.8. The summed E-state index contributed by atoms with van der Waals surface area (Å²) >= 11 is 1.20. The molecule has 3 aromatic carbocycles. The SMILES string of the molecule is COC(=O)[C@@]1(Sc2ccc(C)cc2)CC(=O)N(Cc2ccc(OC)cc2OC)C1c1cc(OC)ccc1F. The van der Waals surface area contributed by atoms with Gasteiger partial charge in [0.2, 0.25) is 5.91 Å². The highest BCUT2D eigenvalue weighted by atomic mass is 32.2. The zero-order valence-electron chi connectivity index (χ0n) is 21.9. The van der Waals surface area contributed by atoms with E-state index >= 15 is 4.39 Å². The molecule has 0 spiro atoms. The third kappa shape index (κ3) is 5.15. The maximum absolute atomic E-state index is 15.5. The van der Waals surface area contributed by atoms with Crippen LogP contribution >= 0.6 is 11.8 Å². The van der Waals surface area contributed by atoms with Gasteiger partial charge in [-0.25, -0.2) is 4.39 Å². The summed E-state index contributed by atoms with van der Waals surface area (Å²) in [5.41, 5.74) is 1.89. The molecule has 0 aromatic heterocycles. The first-order valence-corrected chi connectivity index (χ1v) is 12.8. The first-order valence-electron chi connectivity index (χ1n) is 11.9. The Morgan fingerprint density at radius 3 is 2.26 bits per heavy atom. The van der Waals surface area contributed by atoms with Crippen molar-refractivity contribution in [3.8, 4) is 17.2 Å². The summed E-state index contributed by atoms with van der Waals surface area (Å²) in [6, 6.07) is 16.2. The molecule has 0 aliphatic carbocycles. The number of methoxy groups -OCH3 is 4. The minimum absolute atomic E-state index is 0.0700. The number of carbonyl (C=O) groups is 2. The Balaban J connectivity index is 1.90. The highest BCUT2D eigenvalue weighted by molar-refractivity contribution is 8.01. The van der Waals surface area contributed by atoms with Crippen molar-refractivity contribution >= 4 is 23.6 Å².